The molecular weight excluding hydrogens is 268 g/mol. The van der Waals surface area contributed by atoms with E-state index in [1.165, 1.54) is 57.8 Å². The SMILES string of the molecule is CCCCCCOCC1C2CCC(O2)C1CCCCS. The van der Waals surface area contributed by atoms with Crippen molar-refractivity contribution >= 4 is 12.6 Å². The van der Waals surface area contributed by atoms with E-state index in [9.17, 15) is 0 Å². The fourth-order valence-electron chi connectivity index (χ4n) is 3.84. The molecule has 0 radical (unpaired) electrons. The zero-order valence-electron chi connectivity index (χ0n) is 13.1. The van der Waals surface area contributed by atoms with Gasteiger partial charge in [-0.15, -0.1) is 0 Å². The van der Waals surface area contributed by atoms with Crippen molar-refractivity contribution in [2.24, 2.45) is 11.8 Å². The van der Waals surface area contributed by atoms with Crippen LogP contribution in [0.2, 0.25) is 0 Å². The molecule has 3 heteroatoms. The number of unbranched alkanes of at least 4 members (excludes halogenated alkanes) is 4. The minimum atomic E-state index is 0.497. The van der Waals surface area contributed by atoms with Crippen LogP contribution in [0.25, 0.3) is 0 Å². The number of hydrogen-bond acceptors (Lipinski definition) is 3. The molecule has 2 bridgehead atoms. The zero-order chi connectivity index (χ0) is 14.2. The van der Waals surface area contributed by atoms with E-state index in [0.29, 0.717) is 18.1 Å². The van der Waals surface area contributed by atoms with E-state index in [1.54, 1.807) is 0 Å². The standard InChI is InChI=1S/C17H32O2S/c1-2-3-4-6-11-18-13-15-14(8-5-7-12-20)16-9-10-17(15)19-16/h14-17,20H,2-13H2,1H3. The number of fused-ring (bicyclic) bond motifs is 2. The summed E-state index contributed by atoms with van der Waals surface area (Å²) in [5.74, 6) is 2.43. The molecule has 2 aliphatic heterocycles. The van der Waals surface area contributed by atoms with E-state index >= 15 is 0 Å². The van der Waals surface area contributed by atoms with Crippen molar-refractivity contribution in [3.8, 4) is 0 Å². The summed E-state index contributed by atoms with van der Waals surface area (Å²) in [4.78, 5) is 0. The molecule has 0 amide bonds. The number of hydrogen-bond donors (Lipinski definition) is 1. The molecular formula is C17H32O2S. The maximum Gasteiger partial charge on any atom is 0.0633 e. The molecule has 20 heavy (non-hydrogen) atoms. The molecule has 2 heterocycles. The lowest BCUT2D eigenvalue weighted by molar-refractivity contribution is 0.0473. The zero-order valence-corrected chi connectivity index (χ0v) is 14.0. The van der Waals surface area contributed by atoms with Crippen molar-refractivity contribution in [2.75, 3.05) is 19.0 Å². The molecule has 118 valence electrons. The summed E-state index contributed by atoms with van der Waals surface area (Å²) in [6, 6.07) is 0. The van der Waals surface area contributed by atoms with E-state index < -0.39 is 0 Å². The second-order valence-corrected chi connectivity index (χ2v) is 6.92. The first-order valence-electron chi connectivity index (χ1n) is 8.71. The first-order chi connectivity index (χ1) is 9.86. The predicted molar refractivity (Wildman–Crippen MR) is 87.5 cm³/mol. The van der Waals surface area contributed by atoms with Gasteiger partial charge in [0.05, 0.1) is 18.8 Å². The van der Waals surface area contributed by atoms with Crippen LogP contribution < -0.4 is 0 Å². The van der Waals surface area contributed by atoms with Crippen LogP contribution in [0, 0.1) is 11.8 Å². The summed E-state index contributed by atoms with van der Waals surface area (Å²) in [6.07, 6.45) is 12.6. The van der Waals surface area contributed by atoms with Crippen LogP contribution in [0.5, 0.6) is 0 Å². The van der Waals surface area contributed by atoms with Gasteiger partial charge in [-0.2, -0.15) is 12.6 Å². The third kappa shape index (κ3) is 4.64. The molecule has 4 unspecified atom stereocenters. The third-order valence-corrected chi connectivity index (χ3v) is 5.30. The molecule has 0 saturated carbocycles. The van der Waals surface area contributed by atoms with E-state index in [0.717, 1.165) is 24.9 Å². The smallest absolute Gasteiger partial charge is 0.0633 e. The normalized spacial score (nSPS) is 32.1. The van der Waals surface area contributed by atoms with E-state index in [2.05, 4.69) is 19.6 Å². The van der Waals surface area contributed by atoms with Crippen LogP contribution in [0.1, 0.15) is 64.7 Å². The van der Waals surface area contributed by atoms with Gasteiger partial charge in [0.1, 0.15) is 0 Å². The van der Waals surface area contributed by atoms with Crippen LogP contribution in [-0.2, 0) is 9.47 Å². The Bertz CT molecular complexity index is 259. The predicted octanol–water partition coefficient (Wildman–Crippen LogP) is 4.48. The van der Waals surface area contributed by atoms with Gasteiger partial charge in [0.25, 0.3) is 0 Å². The van der Waals surface area contributed by atoms with Crippen molar-refractivity contribution in [2.45, 2.75) is 76.9 Å². The van der Waals surface area contributed by atoms with E-state index in [1.807, 2.05) is 0 Å². The molecule has 2 nitrogen and oxygen atoms in total. The summed E-state index contributed by atoms with van der Waals surface area (Å²) >= 11 is 4.31. The van der Waals surface area contributed by atoms with Gasteiger partial charge in [0, 0.05) is 12.5 Å². The highest BCUT2D eigenvalue weighted by molar-refractivity contribution is 7.80. The average molecular weight is 301 g/mol. The summed E-state index contributed by atoms with van der Waals surface area (Å²) in [6.45, 7) is 4.12. The lowest BCUT2D eigenvalue weighted by Crippen LogP contribution is -2.31. The minimum Gasteiger partial charge on any atom is -0.381 e. The monoisotopic (exact) mass is 300 g/mol. The Kier molecular flexibility index (Phi) is 7.75. The van der Waals surface area contributed by atoms with Crippen LogP contribution in [-0.4, -0.2) is 31.2 Å². The summed E-state index contributed by atoms with van der Waals surface area (Å²) in [5, 5.41) is 0. The number of ether oxygens (including phenoxy) is 2. The van der Waals surface area contributed by atoms with Gasteiger partial charge >= 0.3 is 0 Å². The van der Waals surface area contributed by atoms with Crippen molar-refractivity contribution in [3.63, 3.8) is 0 Å². The fourth-order valence-corrected chi connectivity index (χ4v) is 4.07. The van der Waals surface area contributed by atoms with Gasteiger partial charge in [-0.25, -0.2) is 0 Å². The Morgan fingerprint density at radius 3 is 2.55 bits per heavy atom. The van der Waals surface area contributed by atoms with Crippen LogP contribution in [0.4, 0.5) is 0 Å². The second-order valence-electron chi connectivity index (χ2n) is 6.47. The molecule has 0 aromatic heterocycles. The summed E-state index contributed by atoms with van der Waals surface area (Å²) in [7, 11) is 0. The molecule has 0 aromatic carbocycles. The Morgan fingerprint density at radius 1 is 1.00 bits per heavy atom. The molecule has 2 saturated heterocycles. The maximum atomic E-state index is 6.12. The van der Waals surface area contributed by atoms with Gasteiger partial charge in [0.15, 0.2) is 0 Å². The Morgan fingerprint density at radius 2 is 1.80 bits per heavy atom. The molecule has 2 rings (SSSR count). The lowest BCUT2D eigenvalue weighted by Gasteiger charge is -2.27. The fraction of sp³-hybridized carbons (Fsp3) is 1.00. The number of rotatable bonds is 11. The van der Waals surface area contributed by atoms with Crippen molar-refractivity contribution in [1.29, 1.82) is 0 Å². The van der Waals surface area contributed by atoms with Crippen LogP contribution in [0.3, 0.4) is 0 Å². The molecule has 4 atom stereocenters. The molecule has 0 aliphatic carbocycles. The molecule has 0 N–H and O–H groups in total. The van der Waals surface area contributed by atoms with Gasteiger partial charge in [-0.3, -0.25) is 0 Å². The Hall–Kier alpha value is 0.270. The van der Waals surface area contributed by atoms with Gasteiger partial charge in [-0.1, -0.05) is 32.6 Å². The Labute approximate surface area is 130 Å². The summed E-state index contributed by atoms with van der Waals surface area (Å²) in [5.41, 5.74) is 0. The summed E-state index contributed by atoms with van der Waals surface area (Å²) < 4.78 is 12.1. The van der Waals surface area contributed by atoms with Crippen LogP contribution >= 0.6 is 12.6 Å². The molecule has 0 aromatic rings. The second kappa shape index (κ2) is 9.32. The minimum absolute atomic E-state index is 0.497. The van der Waals surface area contributed by atoms with Gasteiger partial charge < -0.3 is 9.47 Å². The highest BCUT2D eigenvalue weighted by Crippen LogP contribution is 2.45. The third-order valence-electron chi connectivity index (χ3n) is 4.99. The first kappa shape index (κ1) is 16.6. The van der Waals surface area contributed by atoms with Crippen LogP contribution in [0.15, 0.2) is 0 Å². The van der Waals surface area contributed by atoms with E-state index in [-0.39, 0.29) is 0 Å². The highest BCUT2D eigenvalue weighted by atomic mass is 32.1. The largest absolute Gasteiger partial charge is 0.381 e. The topological polar surface area (TPSA) is 18.5 Å². The molecule has 2 aliphatic rings. The van der Waals surface area contributed by atoms with Crippen molar-refractivity contribution in [3.05, 3.63) is 0 Å². The van der Waals surface area contributed by atoms with Crippen molar-refractivity contribution in [1.82, 2.24) is 0 Å². The first-order valence-corrected chi connectivity index (χ1v) is 9.34. The molecule has 2 fully saturated rings. The maximum absolute atomic E-state index is 6.12. The average Bonchev–Trinajstić information content (AvgIpc) is 3.05. The number of thiol groups is 1. The van der Waals surface area contributed by atoms with E-state index in [4.69, 9.17) is 9.47 Å². The lowest BCUT2D eigenvalue weighted by atomic mass is 9.77. The quantitative estimate of drug-likeness (QED) is 0.448. The Balaban J connectivity index is 1.65. The van der Waals surface area contributed by atoms with Gasteiger partial charge in [-0.05, 0) is 43.8 Å². The van der Waals surface area contributed by atoms with Gasteiger partial charge in [0.2, 0.25) is 0 Å². The highest BCUT2D eigenvalue weighted by Gasteiger charge is 2.48. The van der Waals surface area contributed by atoms with Crippen molar-refractivity contribution < 1.29 is 9.47 Å². The molecule has 0 spiro atoms.